The number of amides is 1. The maximum atomic E-state index is 12.5. The zero-order chi connectivity index (χ0) is 17.7. The first-order valence-electron chi connectivity index (χ1n) is 7.82. The van der Waals surface area contributed by atoms with E-state index in [0.29, 0.717) is 11.3 Å². The monoisotopic (exact) mass is 346 g/mol. The van der Waals surface area contributed by atoms with Crippen LogP contribution in [0, 0.1) is 6.92 Å². The van der Waals surface area contributed by atoms with Gasteiger partial charge in [-0.1, -0.05) is 30.7 Å². The molecule has 6 heteroatoms. The Kier molecular flexibility index (Phi) is 5.62. The average Bonchev–Trinajstić information content (AvgIpc) is 2.56. The number of hydrogen-bond donors (Lipinski definition) is 2. The molecule has 2 aromatic carbocycles. The van der Waals surface area contributed by atoms with E-state index in [1.54, 1.807) is 24.3 Å². The van der Waals surface area contributed by atoms with Crippen molar-refractivity contribution in [2.24, 2.45) is 0 Å². The molecule has 0 saturated heterocycles. The number of sulfonamides is 1. The highest BCUT2D eigenvalue weighted by Crippen LogP contribution is 2.17. The third kappa shape index (κ3) is 4.58. The third-order valence-electron chi connectivity index (χ3n) is 3.70. The van der Waals surface area contributed by atoms with Crippen molar-refractivity contribution in [1.82, 2.24) is 5.32 Å². The number of aryl methyl sites for hydroxylation is 1. The minimum absolute atomic E-state index is 0.0310. The van der Waals surface area contributed by atoms with Crippen molar-refractivity contribution in [1.29, 1.82) is 0 Å². The number of anilines is 1. The highest BCUT2D eigenvalue weighted by atomic mass is 32.2. The summed E-state index contributed by atoms with van der Waals surface area (Å²) in [6.07, 6.45) is 0.804. The van der Waals surface area contributed by atoms with Gasteiger partial charge < -0.3 is 5.32 Å². The van der Waals surface area contributed by atoms with Crippen LogP contribution in [0.15, 0.2) is 53.4 Å². The van der Waals surface area contributed by atoms with Gasteiger partial charge in [0.05, 0.1) is 4.90 Å². The second-order valence-electron chi connectivity index (χ2n) is 5.78. The van der Waals surface area contributed by atoms with Crippen LogP contribution >= 0.6 is 0 Å². The fourth-order valence-corrected chi connectivity index (χ4v) is 3.15. The first-order valence-corrected chi connectivity index (χ1v) is 9.30. The van der Waals surface area contributed by atoms with Crippen molar-refractivity contribution in [3.05, 3.63) is 59.7 Å². The summed E-state index contributed by atoms with van der Waals surface area (Å²) < 4.78 is 27.5. The lowest BCUT2D eigenvalue weighted by molar-refractivity contribution is 0.0939. The van der Waals surface area contributed by atoms with Crippen LogP contribution in [-0.2, 0) is 10.0 Å². The Morgan fingerprint density at radius 3 is 2.42 bits per heavy atom. The van der Waals surface area contributed by atoms with Crippen molar-refractivity contribution in [3.63, 3.8) is 0 Å². The molecule has 0 aromatic heterocycles. The molecule has 0 aliphatic rings. The zero-order valence-electron chi connectivity index (χ0n) is 14.0. The van der Waals surface area contributed by atoms with E-state index in [9.17, 15) is 13.2 Å². The summed E-state index contributed by atoms with van der Waals surface area (Å²) in [5, 5.41) is 2.83. The van der Waals surface area contributed by atoms with Crippen molar-refractivity contribution in [3.8, 4) is 0 Å². The second-order valence-corrected chi connectivity index (χ2v) is 7.46. The van der Waals surface area contributed by atoms with Gasteiger partial charge in [-0.05, 0) is 50.6 Å². The van der Waals surface area contributed by atoms with Crippen LogP contribution in [0.4, 0.5) is 5.69 Å². The molecule has 0 spiro atoms. The van der Waals surface area contributed by atoms with E-state index in [4.69, 9.17) is 0 Å². The van der Waals surface area contributed by atoms with Crippen molar-refractivity contribution in [2.45, 2.75) is 38.1 Å². The van der Waals surface area contributed by atoms with Crippen LogP contribution in [-0.4, -0.2) is 20.4 Å². The van der Waals surface area contributed by atoms with Gasteiger partial charge in [-0.3, -0.25) is 9.52 Å². The molecule has 2 aromatic rings. The van der Waals surface area contributed by atoms with Gasteiger partial charge in [0.1, 0.15) is 0 Å². The highest BCUT2D eigenvalue weighted by molar-refractivity contribution is 7.92. The third-order valence-corrected chi connectivity index (χ3v) is 5.08. The van der Waals surface area contributed by atoms with Crippen LogP contribution < -0.4 is 10.0 Å². The molecular weight excluding hydrogens is 324 g/mol. The van der Waals surface area contributed by atoms with Gasteiger partial charge >= 0.3 is 0 Å². The Balaban J connectivity index is 2.23. The summed E-state index contributed by atoms with van der Waals surface area (Å²) in [5.74, 6) is -0.281. The van der Waals surface area contributed by atoms with Crippen LogP contribution in [0.25, 0.3) is 0 Å². The van der Waals surface area contributed by atoms with E-state index < -0.39 is 10.0 Å². The summed E-state index contributed by atoms with van der Waals surface area (Å²) >= 11 is 0. The smallest absolute Gasteiger partial charge is 0.261 e. The predicted molar refractivity (Wildman–Crippen MR) is 95.6 cm³/mol. The summed E-state index contributed by atoms with van der Waals surface area (Å²) in [5.41, 5.74) is 1.85. The fourth-order valence-electron chi connectivity index (χ4n) is 2.05. The molecule has 0 aliphatic heterocycles. The maximum absolute atomic E-state index is 12.5. The zero-order valence-corrected chi connectivity index (χ0v) is 14.9. The van der Waals surface area contributed by atoms with Gasteiger partial charge in [0.15, 0.2) is 0 Å². The van der Waals surface area contributed by atoms with Gasteiger partial charge in [-0.15, -0.1) is 0 Å². The molecule has 0 heterocycles. The Bertz CT molecular complexity index is 814. The topological polar surface area (TPSA) is 75.3 Å². The van der Waals surface area contributed by atoms with Gasteiger partial charge in [0.2, 0.25) is 0 Å². The first-order chi connectivity index (χ1) is 11.3. The average molecular weight is 346 g/mol. The molecule has 0 fully saturated rings. The molecule has 0 bridgehead atoms. The van der Waals surface area contributed by atoms with Crippen LogP contribution in [0.5, 0.6) is 0 Å². The van der Waals surface area contributed by atoms with E-state index in [1.165, 1.54) is 12.1 Å². The molecular formula is C18H22N2O3S. The summed E-state index contributed by atoms with van der Waals surface area (Å²) in [6.45, 7) is 5.80. The molecule has 0 unspecified atom stereocenters. The number of benzene rings is 2. The normalized spacial score (nSPS) is 12.5. The minimum Gasteiger partial charge on any atom is -0.350 e. The molecule has 2 rings (SSSR count). The number of rotatable bonds is 6. The van der Waals surface area contributed by atoms with Crippen molar-refractivity contribution < 1.29 is 13.2 Å². The van der Waals surface area contributed by atoms with Crippen LogP contribution in [0.2, 0.25) is 0 Å². The van der Waals surface area contributed by atoms with Gasteiger partial charge in [0, 0.05) is 17.3 Å². The minimum atomic E-state index is -3.75. The molecule has 128 valence electrons. The number of hydrogen-bond acceptors (Lipinski definition) is 3. The Labute approximate surface area is 143 Å². The number of nitrogens with one attached hydrogen (secondary N) is 2. The van der Waals surface area contributed by atoms with E-state index in [1.807, 2.05) is 32.9 Å². The summed E-state index contributed by atoms with van der Waals surface area (Å²) in [7, 11) is -3.75. The molecule has 2 N–H and O–H groups in total. The number of carbonyl (C=O) groups is 1. The van der Waals surface area contributed by atoms with E-state index in [-0.39, 0.29) is 16.8 Å². The molecule has 1 amide bonds. The van der Waals surface area contributed by atoms with E-state index >= 15 is 0 Å². The SMILES string of the molecule is CC[C@H](C)NC(=O)c1cccc(S(=O)(=O)Nc2ccc(C)cc2)c1. The summed E-state index contributed by atoms with van der Waals surface area (Å²) in [6, 6.07) is 13.1. The van der Waals surface area contributed by atoms with Gasteiger partial charge in [-0.25, -0.2) is 8.42 Å². The largest absolute Gasteiger partial charge is 0.350 e. The van der Waals surface area contributed by atoms with Crippen LogP contribution in [0.1, 0.15) is 36.2 Å². The Morgan fingerprint density at radius 2 is 1.79 bits per heavy atom. The Morgan fingerprint density at radius 1 is 1.12 bits per heavy atom. The highest BCUT2D eigenvalue weighted by Gasteiger charge is 2.17. The van der Waals surface area contributed by atoms with Crippen LogP contribution in [0.3, 0.4) is 0 Å². The molecule has 24 heavy (non-hydrogen) atoms. The first kappa shape index (κ1) is 18.0. The number of carbonyl (C=O) groups excluding carboxylic acids is 1. The van der Waals surface area contributed by atoms with Crippen molar-refractivity contribution >= 4 is 21.6 Å². The predicted octanol–water partition coefficient (Wildman–Crippen LogP) is 3.32. The maximum Gasteiger partial charge on any atom is 0.261 e. The standard InChI is InChI=1S/C18H22N2O3S/c1-4-14(3)19-18(21)15-6-5-7-17(12-15)24(22,23)20-16-10-8-13(2)9-11-16/h5-12,14,20H,4H2,1-3H3,(H,19,21)/t14-/m0/s1. The molecule has 0 radical (unpaired) electrons. The summed E-state index contributed by atoms with van der Waals surface area (Å²) in [4.78, 5) is 12.2. The van der Waals surface area contributed by atoms with Gasteiger partial charge in [0.25, 0.3) is 15.9 Å². The van der Waals surface area contributed by atoms with E-state index in [2.05, 4.69) is 10.0 Å². The molecule has 0 saturated carbocycles. The lowest BCUT2D eigenvalue weighted by atomic mass is 10.2. The molecule has 0 aliphatic carbocycles. The van der Waals surface area contributed by atoms with E-state index in [0.717, 1.165) is 12.0 Å². The Hall–Kier alpha value is -2.34. The fraction of sp³-hybridized carbons (Fsp3) is 0.278. The second kappa shape index (κ2) is 7.49. The molecule has 1 atom stereocenters. The lowest BCUT2D eigenvalue weighted by Gasteiger charge is -2.13. The van der Waals surface area contributed by atoms with Gasteiger partial charge in [-0.2, -0.15) is 0 Å². The van der Waals surface area contributed by atoms with Crippen molar-refractivity contribution in [2.75, 3.05) is 4.72 Å². The quantitative estimate of drug-likeness (QED) is 0.842. The lowest BCUT2D eigenvalue weighted by Crippen LogP contribution is -2.32. The molecule has 5 nitrogen and oxygen atoms in total.